The van der Waals surface area contributed by atoms with Crippen LogP contribution in [0.25, 0.3) is 0 Å². The zero-order valence-electron chi connectivity index (χ0n) is 12.1. The van der Waals surface area contributed by atoms with E-state index >= 15 is 0 Å². The summed E-state index contributed by atoms with van der Waals surface area (Å²) in [6.07, 6.45) is 2.08. The van der Waals surface area contributed by atoms with Crippen molar-refractivity contribution in [3.8, 4) is 5.75 Å². The van der Waals surface area contributed by atoms with Gasteiger partial charge in [-0.2, -0.15) is 0 Å². The summed E-state index contributed by atoms with van der Waals surface area (Å²) in [7, 11) is 1.64. The first-order valence-electron chi connectivity index (χ1n) is 6.92. The molecule has 2 rings (SSSR count). The highest BCUT2D eigenvalue weighted by atomic mass is 16.5. The minimum absolute atomic E-state index is 0.705. The molecule has 0 fully saturated rings. The fourth-order valence-electron chi connectivity index (χ4n) is 2.23. The molecule has 20 heavy (non-hydrogen) atoms. The van der Waals surface area contributed by atoms with E-state index in [1.807, 2.05) is 12.1 Å². The molecule has 0 aliphatic heterocycles. The van der Waals surface area contributed by atoms with E-state index in [0.717, 1.165) is 25.1 Å². The van der Waals surface area contributed by atoms with Crippen LogP contribution in [0.2, 0.25) is 0 Å². The number of ether oxygens (including phenoxy) is 1. The van der Waals surface area contributed by atoms with Crippen molar-refractivity contribution >= 4 is 11.4 Å². The van der Waals surface area contributed by atoms with Gasteiger partial charge in [0.1, 0.15) is 5.75 Å². The number of hydrogen-bond acceptors (Lipinski definition) is 3. The molecule has 2 aromatic carbocycles. The Kier molecular flexibility index (Phi) is 4.88. The molecule has 0 radical (unpaired) electrons. The lowest BCUT2D eigenvalue weighted by molar-refractivity contribution is 0.417. The summed E-state index contributed by atoms with van der Waals surface area (Å²) in [5, 5.41) is 3.46. The third kappa shape index (κ3) is 3.67. The average molecular weight is 270 g/mol. The smallest absolute Gasteiger partial charge is 0.141 e. The van der Waals surface area contributed by atoms with Crippen LogP contribution in [-0.4, -0.2) is 13.7 Å². The number of methoxy groups -OCH3 is 1. The van der Waals surface area contributed by atoms with Crippen LogP contribution in [0, 0.1) is 6.92 Å². The zero-order chi connectivity index (χ0) is 14.4. The summed E-state index contributed by atoms with van der Waals surface area (Å²) < 4.78 is 5.16. The van der Waals surface area contributed by atoms with Crippen LogP contribution in [-0.2, 0) is 6.42 Å². The maximum Gasteiger partial charge on any atom is 0.141 e. The molecule has 0 aliphatic rings. The Bertz CT molecular complexity index is 567. The number of rotatable bonds is 6. The van der Waals surface area contributed by atoms with Crippen molar-refractivity contribution in [2.75, 3.05) is 24.7 Å². The maximum atomic E-state index is 5.91. The van der Waals surface area contributed by atoms with E-state index in [1.165, 1.54) is 16.8 Å². The van der Waals surface area contributed by atoms with Gasteiger partial charge in [0.15, 0.2) is 0 Å². The molecule has 3 nitrogen and oxygen atoms in total. The Morgan fingerprint density at radius 1 is 1.15 bits per heavy atom. The predicted octanol–water partition coefficient (Wildman–Crippen LogP) is 3.63. The van der Waals surface area contributed by atoms with Crippen molar-refractivity contribution in [2.45, 2.75) is 19.8 Å². The Labute approximate surface area is 120 Å². The summed E-state index contributed by atoms with van der Waals surface area (Å²) in [6, 6.07) is 14.3. The first kappa shape index (κ1) is 14.3. The van der Waals surface area contributed by atoms with Crippen LogP contribution in [0.4, 0.5) is 11.4 Å². The number of aryl methyl sites for hydroxylation is 2. The van der Waals surface area contributed by atoms with Gasteiger partial charge in [-0.1, -0.05) is 24.3 Å². The van der Waals surface area contributed by atoms with Crippen molar-refractivity contribution in [3.05, 3.63) is 53.6 Å². The number of anilines is 2. The Balaban J connectivity index is 1.82. The molecule has 3 N–H and O–H groups in total. The first-order chi connectivity index (χ1) is 9.70. The molecular formula is C17H22N2O. The van der Waals surface area contributed by atoms with Gasteiger partial charge >= 0.3 is 0 Å². The molecule has 0 saturated heterocycles. The van der Waals surface area contributed by atoms with Crippen molar-refractivity contribution in [2.24, 2.45) is 0 Å². The fraction of sp³-hybridized carbons (Fsp3) is 0.294. The van der Waals surface area contributed by atoms with Gasteiger partial charge in [0, 0.05) is 12.2 Å². The van der Waals surface area contributed by atoms with Crippen molar-refractivity contribution in [3.63, 3.8) is 0 Å². The number of nitrogens with one attached hydrogen (secondary N) is 1. The second kappa shape index (κ2) is 6.85. The molecule has 0 atom stereocenters. The van der Waals surface area contributed by atoms with Crippen LogP contribution in [0.5, 0.6) is 5.75 Å². The normalized spacial score (nSPS) is 10.3. The van der Waals surface area contributed by atoms with E-state index in [-0.39, 0.29) is 0 Å². The van der Waals surface area contributed by atoms with Gasteiger partial charge in [-0.15, -0.1) is 0 Å². The van der Waals surface area contributed by atoms with E-state index in [9.17, 15) is 0 Å². The molecule has 0 aliphatic carbocycles. The Morgan fingerprint density at radius 2 is 1.95 bits per heavy atom. The van der Waals surface area contributed by atoms with E-state index in [0.29, 0.717) is 5.69 Å². The molecule has 0 unspecified atom stereocenters. The molecule has 2 aromatic rings. The Morgan fingerprint density at radius 3 is 2.65 bits per heavy atom. The van der Waals surface area contributed by atoms with Gasteiger partial charge in [-0.25, -0.2) is 0 Å². The summed E-state index contributed by atoms with van der Waals surface area (Å²) >= 11 is 0. The summed E-state index contributed by atoms with van der Waals surface area (Å²) in [5.74, 6) is 0.742. The quantitative estimate of drug-likeness (QED) is 0.622. The van der Waals surface area contributed by atoms with Crippen molar-refractivity contribution < 1.29 is 4.74 Å². The SMILES string of the molecule is COc1ccc(CCCNc2ccccc2C)cc1N. The molecule has 3 heteroatoms. The molecule has 0 spiro atoms. The van der Waals surface area contributed by atoms with E-state index < -0.39 is 0 Å². The monoisotopic (exact) mass is 270 g/mol. The van der Waals surface area contributed by atoms with Crippen LogP contribution < -0.4 is 15.8 Å². The largest absolute Gasteiger partial charge is 0.495 e. The number of nitrogen functional groups attached to an aromatic ring is 1. The highest BCUT2D eigenvalue weighted by Gasteiger charge is 2.01. The number of benzene rings is 2. The second-order valence-electron chi connectivity index (χ2n) is 4.92. The van der Waals surface area contributed by atoms with Crippen molar-refractivity contribution in [1.29, 1.82) is 0 Å². The topological polar surface area (TPSA) is 47.3 Å². The van der Waals surface area contributed by atoms with E-state index in [1.54, 1.807) is 7.11 Å². The molecular weight excluding hydrogens is 248 g/mol. The van der Waals surface area contributed by atoms with E-state index in [2.05, 4.69) is 42.6 Å². The van der Waals surface area contributed by atoms with Gasteiger partial charge < -0.3 is 15.8 Å². The number of para-hydroxylation sites is 1. The Hall–Kier alpha value is -2.16. The van der Waals surface area contributed by atoms with Gasteiger partial charge in [-0.3, -0.25) is 0 Å². The van der Waals surface area contributed by atoms with Crippen LogP contribution in [0.15, 0.2) is 42.5 Å². The maximum absolute atomic E-state index is 5.91. The fourth-order valence-corrected chi connectivity index (χ4v) is 2.23. The average Bonchev–Trinajstić information content (AvgIpc) is 2.45. The van der Waals surface area contributed by atoms with Crippen LogP contribution in [0.3, 0.4) is 0 Å². The third-order valence-electron chi connectivity index (χ3n) is 3.40. The highest BCUT2D eigenvalue weighted by molar-refractivity contribution is 5.54. The summed E-state index contributed by atoms with van der Waals surface area (Å²) in [5.41, 5.74) is 10.3. The van der Waals surface area contributed by atoms with Gasteiger partial charge in [0.05, 0.1) is 12.8 Å². The lowest BCUT2D eigenvalue weighted by atomic mass is 10.1. The van der Waals surface area contributed by atoms with Crippen molar-refractivity contribution in [1.82, 2.24) is 0 Å². The molecule has 0 aromatic heterocycles. The van der Waals surface area contributed by atoms with Gasteiger partial charge in [0.25, 0.3) is 0 Å². The van der Waals surface area contributed by atoms with Gasteiger partial charge in [0.2, 0.25) is 0 Å². The number of hydrogen-bond donors (Lipinski definition) is 2. The van der Waals surface area contributed by atoms with E-state index in [4.69, 9.17) is 10.5 Å². The van der Waals surface area contributed by atoms with Gasteiger partial charge in [-0.05, 0) is 49.1 Å². The molecule has 0 amide bonds. The summed E-state index contributed by atoms with van der Waals surface area (Å²) in [4.78, 5) is 0. The van der Waals surface area contributed by atoms with Crippen LogP contribution in [0.1, 0.15) is 17.5 Å². The standard InChI is InChI=1S/C17H22N2O/c1-13-6-3-4-8-16(13)19-11-5-7-14-9-10-17(20-2)15(18)12-14/h3-4,6,8-10,12,19H,5,7,11,18H2,1-2H3. The predicted molar refractivity (Wildman–Crippen MR) is 85.4 cm³/mol. The van der Waals surface area contributed by atoms with Crippen LogP contribution >= 0.6 is 0 Å². The lowest BCUT2D eigenvalue weighted by Gasteiger charge is -2.10. The molecule has 0 saturated carbocycles. The molecule has 0 bridgehead atoms. The summed E-state index contributed by atoms with van der Waals surface area (Å²) in [6.45, 7) is 3.07. The second-order valence-corrected chi connectivity index (χ2v) is 4.92. The molecule has 0 heterocycles. The zero-order valence-corrected chi connectivity index (χ0v) is 12.1. The first-order valence-corrected chi connectivity index (χ1v) is 6.92. The minimum Gasteiger partial charge on any atom is -0.495 e. The third-order valence-corrected chi connectivity index (χ3v) is 3.40. The lowest BCUT2D eigenvalue weighted by Crippen LogP contribution is -2.04. The number of nitrogens with two attached hydrogens (primary N) is 1. The highest BCUT2D eigenvalue weighted by Crippen LogP contribution is 2.22. The molecule has 106 valence electrons. The minimum atomic E-state index is 0.705.